The number of carbonyl (C=O) groups is 2. The molecule has 2 amide bonds. The minimum atomic E-state index is -0.300. The molecule has 1 atom stereocenters. The van der Waals surface area contributed by atoms with Crippen LogP contribution in [-0.2, 0) is 9.59 Å². The molecule has 2 aliphatic rings. The molecule has 0 aromatic heterocycles. The van der Waals surface area contributed by atoms with Gasteiger partial charge >= 0.3 is 0 Å². The summed E-state index contributed by atoms with van der Waals surface area (Å²) in [5.74, 6) is 0.0271. The second-order valence-electron chi connectivity index (χ2n) is 6.35. The highest BCUT2D eigenvalue weighted by Gasteiger charge is 2.41. The second kappa shape index (κ2) is 7.90. The Morgan fingerprint density at radius 3 is 2.48 bits per heavy atom. The van der Waals surface area contributed by atoms with E-state index >= 15 is 0 Å². The van der Waals surface area contributed by atoms with Gasteiger partial charge < -0.3 is 10.2 Å². The average Bonchev–Trinajstić information content (AvgIpc) is 2.67. The van der Waals surface area contributed by atoms with Crippen molar-refractivity contribution < 1.29 is 9.59 Å². The monoisotopic (exact) mass is 295 g/mol. The summed E-state index contributed by atoms with van der Waals surface area (Å²) in [7, 11) is 2.06. The molecule has 1 saturated heterocycles. The van der Waals surface area contributed by atoms with E-state index in [2.05, 4.69) is 24.2 Å². The summed E-state index contributed by atoms with van der Waals surface area (Å²) in [5.41, 5.74) is 0. The Morgan fingerprint density at radius 1 is 1.19 bits per heavy atom. The van der Waals surface area contributed by atoms with Gasteiger partial charge in [0.2, 0.25) is 11.8 Å². The maximum atomic E-state index is 12.5. The van der Waals surface area contributed by atoms with Crippen molar-refractivity contribution in [2.75, 3.05) is 26.7 Å². The van der Waals surface area contributed by atoms with Gasteiger partial charge in [0.15, 0.2) is 0 Å². The summed E-state index contributed by atoms with van der Waals surface area (Å²) >= 11 is 0. The molecule has 1 aliphatic carbocycles. The van der Waals surface area contributed by atoms with E-state index in [4.69, 9.17) is 0 Å². The first-order valence-electron chi connectivity index (χ1n) is 8.41. The molecule has 2 fully saturated rings. The molecule has 0 aromatic carbocycles. The van der Waals surface area contributed by atoms with Gasteiger partial charge in [0, 0.05) is 19.1 Å². The number of hydrogen-bond acceptors (Lipinski definition) is 4. The van der Waals surface area contributed by atoms with Crippen LogP contribution in [0.5, 0.6) is 0 Å². The third-order valence-electron chi connectivity index (χ3n) is 4.80. The number of likely N-dealkylation sites (tertiary alicyclic amines) is 1. The topological polar surface area (TPSA) is 52.7 Å². The predicted octanol–water partition coefficient (Wildman–Crippen LogP) is 1.38. The number of rotatable bonds is 6. The first-order valence-corrected chi connectivity index (χ1v) is 8.41. The minimum Gasteiger partial charge on any atom is -0.305 e. The van der Waals surface area contributed by atoms with Crippen LogP contribution in [0.2, 0.25) is 0 Å². The lowest BCUT2D eigenvalue weighted by atomic mass is 10.1. The van der Waals surface area contributed by atoms with Crippen LogP contribution >= 0.6 is 0 Å². The van der Waals surface area contributed by atoms with Gasteiger partial charge in [-0.3, -0.25) is 14.5 Å². The van der Waals surface area contributed by atoms with Crippen molar-refractivity contribution in [3.05, 3.63) is 0 Å². The van der Waals surface area contributed by atoms with Crippen molar-refractivity contribution in [3.63, 3.8) is 0 Å². The molecule has 1 unspecified atom stereocenters. The molecule has 120 valence electrons. The average molecular weight is 295 g/mol. The lowest BCUT2D eigenvalue weighted by Gasteiger charge is -2.25. The van der Waals surface area contributed by atoms with Gasteiger partial charge in [-0.25, -0.2) is 0 Å². The zero-order valence-electron chi connectivity index (χ0n) is 13.4. The Bertz CT molecular complexity index is 365. The zero-order chi connectivity index (χ0) is 15.2. The van der Waals surface area contributed by atoms with Crippen LogP contribution in [0.4, 0.5) is 0 Å². The molecular formula is C16H29N3O2. The largest absolute Gasteiger partial charge is 0.305 e. The van der Waals surface area contributed by atoms with Crippen molar-refractivity contribution in [1.82, 2.24) is 15.1 Å². The molecule has 0 aromatic rings. The first-order chi connectivity index (χ1) is 10.1. The molecule has 0 bridgehead atoms. The normalized spacial score (nSPS) is 24.9. The van der Waals surface area contributed by atoms with Gasteiger partial charge in [0.05, 0.1) is 12.5 Å². The fourth-order valence-electron chi connectivity index (χ4n) is 3.30. The Kier molecular flexibility index (Phi) is 6.18. The standard InChI is InChI=1S/C16H29N3O2/c1-3-18(2)11-10-17-14-12-15(20)19(16(14)21)13-8-6-4-5-7-9-13/h13-14,17H,3-12H2,1-2H3. The van der Waals surface area contributed by atoms with Gasteiger partial charge in [0.25, 0.3) is 0 Å². The van der Waals surface area contributed by atoms with Crippen LogP contribution in [0.1, 0.15) is 51.9 Å². The van der Waals surface area contributed by atoms with Gasteiger partial charge in [-0.1, -0.05) is 32.6 Å². The molecule has 1 N–H and O–H groups in total. The molecule has 0 spiro atoms. The van der Waals surface area contributed by atoms with Crippen molar-refractivity contribution in [1.29, 1.82) is 0 Å². The molecule has 5 heteroatoms. The summed E-state index contributed by atoms with van der Waals surface area (Å²) in [6, 6.07) is -0.149. The Balaban J connectivity index is 1.87. The van der Waals surface area contributed by atoms with Crippen molar-refractivity contribution >= 4 is 11.8 Å². The van der Waals surface area contributed by atoms with E-state index in [9.17, 15) is 9.59 Å². The fraction of sp³-hybridized carbons (Fsp3) is 0.875. The fourth-order valence-corrected chi connectivity index (χ4v) is 3.30. The van der Waals surface area contributed by atoms with Gasteiger partial charge in [-0.2, -0.15) is 0 Å². The number of nitrogens with one attached hydrogen (secondary N) is 1. The zero-order valence-corrected chi connectivity index (χ0v) is 13.4. The number of amides is 2. The van der Waals surface area contributed by atoms with Gasteiger partial charge in [-0.05, 0) is 26.4 Å². The number of nitrogens with zero attached hydrogens (tertiary/aromatic N) is 2. The molecule has 21 heavy (non-hydrogen) atoms. The van der Waals surface area contributed by atoms with Crippen LogP contribution in [0.25, 0.3) is 0 Å². The second-order valence-corrected chi connectivity index (χ2v) is 6.35. The van der Waals surface area contributed by atoms with E-state index < -0.39 is 0 Å². The number of imide groups is 1. The third kappa shape index (κ3) is 4.27. The van der Waals surface area contributed by atoms with E-state index in [1.165, 1.54) is 12.8 Å². The molecule has 0 radical (unpaired) electrons. The SMILES string of the molecule is CCN(C)CCNC1CC(=O)N(C2CCCCCC2)C1=O. The lowest BCUT2D eigenvalue weighted by Crippen LogP contribution is -2.45. The summed E-state index contributed by atoms with van der Waals surface area (Å²) < 4.78 is 0. The molecule has 5 nitrogen and oxygen atoms in total. The predicted molar refractivity (Wildman–Crippen MR) is 82.9 cm³/mol. The van der Waals surface area contributed by atoms with E-state index in [0.29, 0.717) is 6.42 Å². The van der Waals surface area contributed by atoms with Crippen LogP contribution in [0.15, 0.2) is 0 Å². The number of hydrogen-bond donors (Lipinski definition) is 1. The van der Waals surface area contributed by atoms with Crippen molar-refractivity contribution in [2.45, 2.75) is 64.0 Å². The first kappa shape index (κ1) is 16.4. The summed E-state index contributed by atoms with van der Waals surface area (Å²) in [5, 5.41) is 3.26. The molecule has 1 heterocycles. The van der Waals surface area contributed by atoms with E-state index in [1.807, 2.05) is 0 Å². The van der Waals surface area contributed by atoms with Crippen LogP contribution in [0.3, 0.4) is 0 Å². The van der Waals surface area contributed by atoms with Gasteiger partial charge in [-0.15, -0.1) is 0 Å². The molecule has 2 rings (SSSR count). The Labute approximate surface area is 128 Å². The van der Waals surface area contributed by atoms with Crippen molar-refractivity contribution in [3.8, 4) is 0 Å². The molecular weight excluding hydrogens is 266 g/mol. The summed E-state index contributed by atoms with van der Waals surface area (Å²) in [4.78, 5) is 28.5. The van der Waals surface area contributed by atoms with Crippen LogP contribution in [-0.4, -0.2) is 60.4 Å². The van der Waals surface area contributed by atoms with Crippen molar-refractivity contribution in [2.24, 2.45) is 0 Å². The number of carbonyl (C=O) groups excluding carboxylic acids is 2. The molecule has 1 aliphatic heterocycles. The maximum absolute atomic E-state index is 12.5. The molecule has 1 saturated carbocycles. The summed E-state index contributed by atoms with van der Waals surface area (Å²) in [6.45, 7) is 4.76. The highest BCUT2D eigenvalue weighted by atomic mass is 16.2. The van der Waals surface area contributed by atoms with Crippen LogP contribution < -0.4 is 5.32 Å². The summed E-state index contributed by atoms with van der Waals surface area (Å²) in [6.07, 6.45) is 7.06. The Morgan fingerprint density at radius 2 is 1.86 bits per heavy atom. The number of likely N-dealkylation sites (N-methyl/N-ethyl adjacent to an activating group) is 1. The lowest BCUT2D eigenvalue weighted by molar-refractivity contribution is -0.141. The smallest absolute Gasteiger partial charge is 0.247 e. The van der Waals surface area contributed by atoms with E-state index in [0.717, 1.165) is 45.3 Å². The quantitative estimate of drug-likeness (QED) is 0.594. The highest BCUT2D eigenvalue weighted by Crippen LogP contribution is 2.26. The van der Waals surface area contributed by atoms with Gasteiger partial charge in [0.1, 0.15) is 0 Å². The van der Waals surface area contributed by atoms with E-state index in [1.54, 1.807) is 4.90 Å². The third-order valence-corrected chi connectivity index (χ3v) is 4.80. The van der Waals surface area contributed by atoms with E-state index in [-0.39, 0.29) is 23.9 Å². The maximum Gasteiger partial charge on any atom is 0.247 e. The Hall–Kier alpha value is -0.940. The highest BCUT2D eigenvalue weighted by molar-refractivity contribution is 6.05. The van der Waals surface area contributed by atoms with Crippen LogP contribution in [0, 0.1) is 0 Å². The minimum absolute atomic E-state index is 0.00560.